The van der Waals surface area contributed by atoms with Crippen molar-refractivity contribution in [1.29, 1.82) is 0 Å². The predicted octanol–water partition coefficient (Wildman–Crippen LogP) is 2.59. The fraction of sp³-hybridized carbons (Fsp3) is 0.652. The van der Waals surface area contributed by atoms with Gasteiger partial charge >= 0.3 is 0 Å². The summed E-state index contributed by atoms with van der Waals surface area (Å²) in [6.07, 6.45) is 2.28. The van der Waals surface area contributed by atoms with E-state index in [0.717, 1.165) is 70.4 Å². The Morgan fingerprint density at radius 3 is 2.48 bits per heavy atom. The maximum Gasteiger partial charge on any atom is 0.239 e. The number of nitrogens with zero attached hydrogens (tertiary/aromatic N) is 4. The molecule has 1 atom stereocenters. The Kier molecular flexibility index (Phi) is 10.9. The molecule has 7 nitrogen and oxygen atoms in total. The van der Waals surface area contributed by atoms with Gasteiger partial charge in [0.1, 0.15) is 12.4 Å². The van der Waals surface area contributed by atoms with Crippen molar-refractivity contribution in [3.05, 3.63) is 29.8 Å². The zero-order chi connectivity index (χ0) is 21.3. The van der Waals surface area contributed by atoms with E-state index >= 15 is 0 Å². The van der Waals surface area contributed by atoms with Crippen LogP contribution in [0.2, 0.25) is 0 Å². The molecule has 2 fully saturated rings. The summed E-state index contributed by atoms with van der Waals surface area (Å²) in [5.41, 5.74) is 1.19. The number of hydrogen-bond acceptors (Lipinski definition) is 4. The fourth-order valence-corrected chi connectivity index (χ4v) is 4.12. The molecule has 3 rings (SSSR count). The number of likely N-dealkylation sites (tertiary alicyclic amines) is 1. The van der Waals surface area contributed by atoms with Crippen LogP contribution in [-0.4, -0.2) is 91.6 Å². The van der Waals surface area contributed by atoms with Crippen molar-refractivity contribution in [2.45, 2.75) is 39.7 Å². The van der Waals surface area contributed by atoms with Gasteiger partial charge in [-0.1, -0.05) is 12.1 Å². The molecule has 0 saturated carbocycles. The van der Waals surface area contributed by atoms with E-state index in [4.69, 9.17) is 9.73 Å². The van der Waals surface area contributed by atoms with Crippen molar-refractivity contribution >= 4 is 35.8 Å². The number of hydrogen-bond donors (Lipinski definition) is 1. The van der Waals surface area contributed by atoms with Gasteiger partial charge in [0.2, 0.25) is 5.91 Å². The molecule has 2 aliphatic rings. The van der Waals surface area contributed by atoms with Crippen molar-refractivity contribution in [3.8, 4) is 5.75 Å². The van der Waals surface area contributed by atoms with Gasteiger partial charge in [0.25, 0.3) is 0 Å². The maximum atomic E-state index is 12.7. The van der Waals surface area contributed by atoms with Gasteiger partial charge in [0, 0.05) is 45.8 Å². The Hall–Kier alpha value is -1.55. The van der Waals surface area contributed by atoms with Crippen LogP contribution in [0.15, 0.2) is 29.3 Å². The molecule has 1 aromatic rings. The van der Waals surface area contributed by atoms with Crippen LogP contribution in [0.1, 0.15) is 32.3 Å². The molecule has 8 heteroatoms. The smallest absolute Gasteiger partial charge is 0.239 e. The van der Waals surface area contributed by atoms with Crippen molar-refractivity contribution in [2.24, 2.45) is 4.99 Å². The average Bonchev–Trinajstić information content (AvgIpc) is 3.30. The lowest BCUT2D eigenvalue weighted by Crippen LogP contribution is -2.57. The van der Waals surface area contributed by atoms with E-state index in [1.165, 1.54) is 5.56 Å². The lowest BCUT2D eigenvalue weighted by atomic mass is 10.2. The van der Waals surface area contributed by atoms with E-state index < -0.39 is 0 Å². The number of halogens is 1. The molecule has 0 radical (unpaired) electrons. The third-order valence-electron chi connectivity index (χ3n) is 5.88. The Morgan fingerprint density at radius 2 is 1.84 bits per heavy atom. The summed E-state index contributed by atoms with van der Waals surface area (Å²) >= 11 is 0. The lowest BCUT2D eigenvalue weighted by molar-refractivity contribution is -0.135. The molecule has 1 unspecified atom stereocenters. The topological polar surface area (TPSA) is 60.4 Å². The van der Waals surface area contributed by atoms with Crippen LogP contribution in [0.4, 0.5) is 0 Å². The summed E-state index contributed by atoms with van der Waals surface area (Å²) < 4.78 is 5.82. The Balaban J connectivity index is 0.00000341. The monoisotopic (exact) mass is 543 g/mol. The maximum absolute atomic E-state index is 12.7. The second-order valence-electron chi connectivity index (χ2n) is 8.13. The molecule has 0 aliphatic carbocycles. The third-order valence-corrected chi connectivity index (χ3v) is 5.88. The summed E-state index contributed by atoms with van der Waals surface area (Å²) in [6.45, 7) is 13.6. The highest BCUT2D eigenvalue weighted by Crippen LogP contribution is 2.14. The summed E-state index contributed by atoms with van der Waals surface area (Å²) in [5, 5.41) is 3.40. The number of aryl methyl sites for hydroxylation is 1. The highest BCUT2D eigenvalue weighted by molar-refractivity contribution is 14.0. The normalized spacial score (nSPS) is 18.5. The Bertz CT molecular complexity index is 716. The summed E-state index contributed by atoms with van der Waals surface area (Å²) in [5.74, 6) is 2.11. The standard InChI is InChI=1S/C23H37N5O2.HI/c1-4-24-23(25-10-17-30-21-9-7-8-19(2)18-21)28-15-13-26(14-16-28)20(3)22(29)27-11-5-6-12-27;/h7-9,18,20H,4-6,10-17H2,1-3H3,(H,24,25);1H. The molecule has 31 heavy (non-hydrogen) atoms. The molecule has 174 valence electrons. The van der Waals surface area contributed by atoms with E-state index in [1.54, 1.807) is 0 Å². The number of carbonyl (C=O) groups is 1. The highest BCUT2D eigenvalue weighted by atomic mass is 127. The minimum Gasteiger partial charge on any atom is -0.492 e. The summed E-state index contributed by atoms with van der Waals surface area (Å²) in [7, 11) is 0. The Labute approximate surface area is 204 Å². The van der Waals surface area contributed by atoms with E-state index in [0.29, 0.717) is 13.2 Å². The molecule has 1 N–H and O–H groups in total. The highest BCUT2D eigenvalue weighted by Gasteiger charge is 2.30. The molecule has 1 amide bonds. The van der Waals surface area contributed by atoms with Crippen LogP contribution < -0.4 is 10.1 Å². The van der Waals surface area contributed by atoms with Gasteiger partial charge in [-0.25, -0.2) is 4.99 Å². The van der Waals surface area contributed by atoms with Crippen molar-refractivity contribution in [1.82, 2.24) is 20.0 Å². The number of rotatable bonds is 7. The van der Waals surface area contributed by atoms with Crippen LogP contribution in [-0.2, 0) is 4.79 Å². The van der Waals surface area contributed by atoms with Gasteiger partial charge in [-0.2, -0.15) is 0 Å². The van der Waals surface area contributed by atoms with Crippen molar-refractivity contribution < 1.29 is 9.53 Å². The number of guanidine groups is 1. The number of nitrogens with one attached hydrogen (secondary N) is 1. The Morgan fingerprint density at radius 1 is 1.13 bits per heavy atom. The average molecular weight is 543 g/mol. The van der Waals surface area contributed by atoms with Crippen LogP contribution in [0.5, 0.6) is 5.75 Å². The first-order valence-electron chi connectivity index (χ1n) is 11.3. The van der Waals surface area contributed by atoms with Crippen molar-refractivity contribution in [2.75, 3.05) is 59.0 Å². The molecule has 0 bridgehead atoms. The second kappa shape index (κ2) is 13.1. The largest absolute Gasteiger partial charge is 0.492 e. The zero-order valence-electron chi connectivity index (χ0n) is 19.2. The van der Waals surface area contributed by atoms with Gasteiger partial charge in [-0.3, -0.25) is 9.69 Å². The number of carbonyl (C=O) groups excluding carboxylic acids is 1. The molecule has 0 aromatic heterocycles. The van der Waals surface area contributed by atoms with Crippen LogP contribution in [0.25, 0.3) is 0 Å². The molecular weight excluding hydrogens is 505 g/mol. The first-order valence-corrected chi connectivity index (χ1v) is 11.3. The fourth-order valence-electron chi connectivity index (χ4n) is 4.12. The van der Waals surface area contributed by atoms with Gasteiger partial charge in [0.05, 0.1) is 12.6 Å². The van der Waals surface area contributed by atoms with Gasteiger partial charge in [-0.15, -0.1) is 24.0 Å². The quantitative estimate of drug-likeness (QED) is 0.248. The molecule has 2 saturated heterocycles. The summed E-state index contributed by atoms with van der Waals surface area (Å²) in [6, 6.07) is 8.05. The van der Waals surface area contributed by atoms with E-state index in [-0.39, 0.29) is 35.9 Å². The number of aliphatic imine (C=N–C) groups is 1. The molecule has 0 spiro atoms. The minimum absolute atomic E-state index is 0. The molecule has 2 heterocycles. The number of amides is 1. The zero-order valence-corrected chi connectivity index (χ0v) is 21.5. The lowest BCUT2D eigenvalue weighted by Gasteiger charge is -2.39. The molecule has 2 aliphatic heterocycles. The summed E-state index contributed by atoms with van der Waals surface area (Å²) in [4.78, 5) is 24.1. The molecular formula is C23H38IN5O2. The first-order chi connectivity index (χ1) is 14.6. The SMILES string of the molecule is CCNC(=NCCOc1cccc(C)c1)N1CCN(C(C)C(=O)N2CCCC2)CC1.I. The minimum atomic E-state index is -0.0347. The molecule has 1 aromatic carbocycles. The van der Waals surface area contributed by atoms with Crippen LogP contribution in [0, 0.1) is 6.92 Å². The number of ether oxygens (including phenoxy) is 1. The van der Waals surface area contributed by atoms with E-state index in [9.17, 15) is 4.79 Å². The van der Waals surface area contributed by atoms with E-state index in [2.05, 4.69) is 42.0 Å². The van der Waals surface area contributed by atoms with E-state index in [1.807, 2.05) is 23.1 Å². The number of benzene rings is 1. The van der Waals surface area contributed by atoms with Crippen LogP contribution in [0.3, 0.4) is 0 Å². The van der Waals surface area contributed by atoms with Gasteiger partial charge in [-0.05, 0) is 51.3 Å². The number of piperazine rings is 1. The van der Waals surface area contributed by atoms with Gasteiger partial charge < -0.3 is 19.9 Å². The van der Waals surface area contributed by atoms with Crippen LogP contribution >= 0.6 is 24.0 Å². The first kappa shape index (κ1) is 25.7. The van der Waals surface area contributed by atoms with Crippen molar-refractivity contribution in [3.63, 3.8) is 0 Å². The third kappa shape index (κ3) is 7.52. The van der Waals surface area contributed by atoms with Gasteiger partial charge in [0.15, 0.2) is 5.96 Å². The predicted molar refractivity (Wildman–Crippen MR) is 136 cm³/mol. The second-order valence-corrected chi connectivity index (χ2v) is 8.13.